The molecule has 0 heterocycles. The molecule has 0 amide bonds. The summed E-state index contributed by atoms with van der Waals surface area (Å²) in [6.45, 7) is 1.84. The predicted molar refractivity (Wildman–Crippen MR) is 64.5 cm³/mol. The number of benzene rings is 1. The van der Waals surface area contributed by atoms with Crippen molar-refractivity contribution in [1.29, 1.82) is 0 Å². The maximum atomic E-state index is 10.4. The summed E-state index contributed by atoms with van der Waals surface area (Å²) in [5.74, 6) is -0.251. The van der Waals surface area contributed by atoms with Gasteiger partial charge < -0.3 is 10.2 Å². The molecule has 0 saturated carbocycles. The second-order valence-electron chi connectivity index (χ2n) is 3.42. The highest BCUT2D eigenvalue weighted by atomic mass is 32.2. The SMILES string of the molecule is C/C(=C/C(=O)O)CSc1ccc(CO)cc1. The number of hydrogen-bond donors (Lipinski definition) is 2. The third-order valence-electron chi connectivity index (χ3n) is 1.94. The van der Waals surface area contributed by atoms with Crippen LogP contribution < -0.4 is 0 Å². The summed E-state index contributed by atoms with van der Waals surface area (Å²) in [6.07, 6.45) is 1.22. The minimum absolute atomic E-state index is 0.0445. The van der Waals surface area contributed by atoms with Crippen LogP contribution in [0.15, 0.2) is 40.8 Å². The van der Waals surface area contributed by atoms with Crippen LogP contribution in [-0.2, 0) is 11.4 Å². The van der Waals surface area contributed by atoms with Crippen molar-refractivity contribution < 1.29 is 15.0 Å². The van der Waals surface area contributed by atoms with Gasteiger partial charge in [-0.25, -0.2) is 4.79 Å². The molecule has 86 valence electrons. The van der Waals surface area contributed by atoms with E-state index in [1.54, 1.807) is 18.7 Å². The third kappa shape index (κ3) is 4.51. The molecule has 1 aromatic carbocycles. The molecule has 16 heavy (non-hydrogen) atoms. The number of aliphatic carboxylic acids is 1. The smallest absolute Gasteiger partial charge is 0.328 e. The van der Waals surface area contributed by atoms with Crippen LogP contribution in [0.2, 0.25) is 0 Å². The molecule has 1 rings (SSSR count). The largest absolute Gasteiger partial charge is 0.478 e. The van der Waals surface area contributed by atoms with Gasteiger partial charge in [-0.3, -0.25) is 0 Å². The van der Waals surface area contributed by atoms with E-state index in [9.17, 15) is 4.79 Å². The van der Waals surface area contributed by atoms with Gasteiger partial charge in [0.1, 0.15) is 0 Å². The van der Waals surface area contributed by atoms with Gasteiger partial charge in [0.25, 0.3) is 0 Å². The Labute approximate surface area is 98.8 Å². The molecule has 2 N–H and O–H groups in total. The van der Waals surface area contributed by atoms with Crippen molar-refractivity contribution in [1.82, 2.24) is 0 Å². The molecule has 0 spiro atoms. The summed E-state index contributed by atoms with van der Waals surface area (Å²) in [4.78, 5) is 11.5. The first kappa shape index (κ1) is 12.8. The van der Waals surface area contributed by atoms with E-state index in [1.165, 1.54) is 6.08 Å². The Kier molecular flexibility index (Phi) is 5.08. The van der Waals surface area contributed by atoms with Crippen molar-refractivity contribution >= 4 is 17.7 Å². The summed E-state index contributed by atoms with van der Waals surface area (Å²) in [5.41, 5.74) is 1.70. The van der Waals surface area contributed by atoms with Crippen LogP contribution in [0.25, 0.3) is 0 Å². The van der Waals surface area contributed by atoms with E-state index in [-0.39, 0.29) is 6.61 Å². The molecule has 0 radical (unpaired) electrons. The van der Waals surface area contributed by atoms with Gasteiger partial charge in [0.05, 0.1) is 6.61 Å². The Hall–Kier alpha value is -1.26. The van der Waals surface area contributed by atoms with Crippen molar-refractivity contribution in [2.75, 3.05) is 5.75 Å². The first-order valence-electron chi connectivity index (χ1n) is 4.84. The molecule has 3 nitrogen and oxygen atoms in total. The molecule has 1 aromatic rings. The molecule has 0 aliphatic heterocycles. The lowest BCUT2D eigenvalue weighted by molar-refractivity contribution is -0.131. The molecule has 0 fully saturated rings. The molecule has 0 atom stereocenters. The molecule has 0 bridgehead atoms. The minimum Gasteiger partial charge on any atom is -0.478 e. The van der Waals surface area contributed by atoms with Crippen LogP contribution in [0, 0.1) is 0 Å². The van der Waals surface area contributed by atoms with Gasteiger partial charge >= 0.3 is 5.97 Å². The predicted octanol–water partition coefficient (Wildman–Crippen LogP) is 2.30. The van der Waals surface area contributed by atoms with Gasteiger partial charge in [-0.15, -0.1) is 11.8 Å². The zero-order valence-electron chi connectivity index (χ0n) is 9.01. The van der Waals surface area contributed by atoms with Crippen molar-refractivity contribution in [3.8, 4) is 0 Å². The van der Waals surface area contributed by atoms with Gasteiger partial charge in [-0.1, -0.05) is 17.7 Å². The first-order chi connectivity index (χ1) is 7.61. The average molecular weight is 238 g/mol. The van der Waals surface area contributed by atoms with Crippen LogP contribution in [-0.4, -0.2) is 21.9 Å². The van der Waals surface area contributed by atoms with Crippen LogP contribution >= 0.6 is 11.8 Å². The average Bonchev–Trinajstić information content (AvgIpc) is 2.26. The van der Waals surface area contributed by atoms with Crippen molar-refractivity contribution in [2.45, 2.75) is 18.4 Å². The number of aliphatic hydroxyl groups excluding tert-OH is 1. The van der Waals surface area contributed by atoms with E-state index in [0.717, 1.165) is 16.0 Å². The van der Waals surface area contributed by atoms with Crippen LogP contribution in [0.5, 0.6) is 0 Å². The summed E-state index contributed by atoms with van der Waals surface area (Å²) in [6, 6.07) is 7.56. The number of rotatable bonds is 5. The molecular weight excluding hydrogens is 224 g/mol. The second-order valence-corrected chi connectivity index (χ2v) is 4.47. The maximum Gasteiger partial charge on any atom is 0.328 e. The molecule has 0 unspecified atom stereocenters. The zero-order chi connectivity index (χ0) is 12.0. The zero-order valence-corrected chi connectivity index (χ0v) is 9.83. The van der Waals surface area contributed by atoms with Gasteiger partial charge in [0, 0.05) is 16.7 Å². The lowest BCUT2D eigenvalue weighted by Crippen LogP contribution is -1.91. The lowest BCUT2D eigenvalue weighted by atomic mass is 10.2. The number of carboxylic acid groups (broad SMARTS) is 1. The lowest BCUT2D eigenvalue weighted by Gasteiger charge is -2.02. The van der Waals surface area contributed by atoms with Crippen LogP contribution in [0.1, 0.15) is 12.5 Å². The number of aliphatic hydroxyl groups is 1. The van der Waals surface area contributed by atoms with Crippen LogP contribution in [0.4, 0.5) is 0 Å². The normalized spacial score (nSPS) is 11.5. The fourth-order valence-corrected chi connectivity index (χ4v) is 1.95. The van der Waals surface area contributed by atoms with E-state index in [1.807, 2.05) is 24.3 Å². The van der Waals surface area contributed by atoms with E-state index in [0.29, 0.717) is 5.75 Å². The van der Waals surface area contributed by atoms with Crippen molar-refractivity contribution in [3.63, 3.8) is 0 Å². The molecule has 4 heteroatoms. The second kappa shape index (κ2) is 6.35. The summed E-state index contributed by atoms with van der Waals surface area (Å²) in [5, 5.41) is 17.4. The molecule has 0 aliphatic carbocycles. The number of thioether (sulfide) groups is 1. The summed E-state index contributed by atoms with van der Waals surface area (Å²) in [7, 11) is 0. The summed E-state index contributed by atoms with van der Waals surface area (Å²) < 4.78 is 0. The molecule has 0 saturated heterocycles. The van der Waals surface area contributed by atoms with E-state index in [2.05, 4.69) is 0 Å². The quantitative estimate of drug-likeness (QED) is 0.610. The Morgan fingerprint density at radius 2 is 2.00 bits per heavy atom. The molecular formula is C12H14O3S. The van der Waals surface area contributed by atoms with Crippen LogP contribution in [0.3, 0.4) is 0 Å². The fraction of sp³-hybridized carbons (Fsp3) is 0.250. The van der Waals surface area contributed by atoms with E-state index in [4.69, 9.17) is 10.2 Å². The van der Waals surface area contributed by atoms with Gasteiger partial charge in [-0.2, -0.15) is 0 Å². The first-order valence-corrected chi connectivity index (χ1v) is 5.83. The fourth-order valence-electron chi connectivity index (χ4n) is 1.14. The molecule has 0 aromatic heterocycles. The number of carboxylic acids is 1. The Bertz CT molecular complexity index is 382. The number of hydrogen-bond acceptors (Lipinski definition) is 3. The summed E-state index contributed by atoms with van der Waals surface area (Å²) >= 11 is 1.58. The monoisotopic (exact) mass is 238 g/mol. The van der Waals surface area contributed by atoms with E-state index < -0.39 is 5.97 Å². The van der Waals surface area contributed by atoms with Gasteiger partial charge in [0.15, 0.2) is 0 Å². The topological polar surface area (TPSA) is 57.5 Å². The van der Waals surface area contributed by atoms with Gasteiger partial charge in [-0.05, 0) is 24.6 Å². The number of carbonyl (C=O) groups is 1. The molecule has 0 aliphatic rings. The minimum atomic E-state index is -0.909. The highest BCUT2D eigenvalue weighted by Gasteiger charge is 1.98. The highest BCUT2D eigenvalue weighted by Crippen LogP contribution is 2.20. The Morgan fingerprint density at radius 3 is 2.50 bits per heavy atom. The standard InChI is InChI=1S/C12H14O3S/c1-9(6-12(14)15)8-16-11-4-2-10(7-13)3-5-11/h2-6,13H,7-8H2,1H3,(H,14,15)/b9-6-. The van der Waals surface area contributed by atoms with Crippen molar-refractivity contribution in [3.05, 3.63) is 41.5 Å². The highest BCUT2D eigenvalue weighted by molar-refractivity contribution is 7.99. The maximum absolute atomic E-state index is 10.4. The third-order valence-corrected chi connectivity index (χ3v) is 3.15. The van der Waals surface area contributed by atoms with Gasteiger partial charge in [0.2, 0.25) is 0 Å². The Balaban J connectivity index is 2.51. The van der Waals surface area contributed by atoms with Crippen molar-refractivity contribution in [2.24, 2.45) is 0 Å². The Morgan fingerprint density at radius 1 is 1.38 bits per heavy atom. The van der Waals surface area contributed by atoms with E-state index >= 15 is 0 Å².